The lowest BCUT2D eigenvalue weighted by Gasteiger charge is -1.99. The standard InChI is InChI=1S/C15H18N4S2.ClH/c1-20-13-8-7-12(21-13)14(16)19-15(17)18-10-9-11-5-3-2-4-6-11;/h2-8H,9-10H2,1H3,(H4,16,17,18,19);1H. The van der Waals surface area contributed by atoms with Crippen molar-refractivity contribution in [3.8, 4) is 0 Å². The fourth-order valence-corrected chi connectivity index (χ4v) is 3.17. The smallest absolute Gasteiger partial charge is 0.217 e. The van der Waals surface area contributed by atoms with Crippen LogP contribution >= 0.6 is 35.5 Å². The molecule has 0 saturated carbocycles. The highest BCUT2D eigenvalue weighted by atomic mass is 35.5. The van der Waals surface area contributed by atoms with Crippen molar-refractivity contribution in [2.24, 2.45) is 21.5 Å². The van der Waals surface area contributed by atoms with Gasteiger partial charge in [0, 0.05) is 6.54 Å². The monoisotopic (exact) mass is 354 g/mol. The Hall–Kier alpha value is -1.50. The number of halogens is 1. The van der Waals surface area contributed by atoms with Gasteiger partial charge in [-0.25, -0.2) is 0 Å². The van der Waals surface area contributed by atoms with Crippen molar-refractivity contribution in [3.63, 3.8) is 0 Å². The lowest BCUT2D eigenvalue weighted by molar-refractivity contribution is 0.962. The third-order valence-corrected chi connectivity index (χ3v) is 4.98. The van der Waals surface area contributed by atoms with Crippen LogP contribution in [0.2, 0.25) is 0 Å². The Kier molecular flexibility index (Phi) is 8.01. The van der Waals surface area contributed by atoms with Crippen LogP contribution in [-0.2, 0) is 6.42 Å². The molecule has 0 fully saturated rings. The number of rotatable bonds is 5. The van der Waals surface area contributed by atoms with E-state index in [-0.39, 0.29) is 18.4 Å². The molecule has 0 amide bonds. The van der Waals surface area contributed by atoms with Gasteiger partial charge < -0.3 is 11.5 Å². The first-order valence-corrected chi connectivity index (χ1v) is 8.55. The molecular formula is C15H19ClN4S2. The van der Waals surface area contributed by atoms with Crippen molar-refractivity contribution in [1.82, 2.24) is 0 Å². The quantitative estimate of drug-likeness (QED) is 0.492. The number of nitrogens with zero attached hydrogens (tertiary/aromatic N) is 2. The second-order valence-electron chi connectivity index (χ2n) is 4.30. The van der Waals surface area contributed by atoms with E-state index in [1.54, 1.807) is 23.1 Å². The Morgan fingerprint density at radius 1 is 1.14 bits per heavy atom. The fourth-order valence-electron chi connectivity index (χ4n) is 1.73. The summed E-state index contributed by atoms with van der Waals surface area (Å²) in [5.41, 5.74) is 13.0. The van der Waals surface area contributed by atoms with Crippen LogP contribution in [0.15, 0.2) is 56.7 Å². The highest BCUT2D eigenvalue weighted by molar-refractivity contribution is 8.00. The number of thioether (sulfide) groups is 1. The number of amidine groups is 1. The van der Waals surface area contributed by atoms with Gasteiger partial charge in [0.2, 0.25) is 5.96 Å². The van der Waals surface area contributed by atoms with Gasteiger partial charge in [0.15, 0.2) is 0 Å². The molecule has 0 saturated heterocycles. The van der Waals surface area contributed by atoms with Crippen molar-refractivity contribution >= 4 is 47.3 Å². The number of hydrogen-bond acceptors (Lipinski definition) is 3. The molecule has 22 heavy (non-hydrogen) atoms. The lowest BCUT2D eigenvalue weighted by atomic mass is 10.2. The predicted octanol–water partition coefficient (Wildman–Crippen LogP) is 3.15. The van der Waals surface area contributed by atoms with Crippen molar-refractivity contribution in [2.45, 2.75) is 10.6 Å². The van der Waals surface area contributed by atoms with E-state index in [0.717, 1.165) is 11.3 Å². The van der Waals surface area contributed by atoms with Crippen LogP contribution in [0.4, 0.5) is 0 Å². The molecule has 118 valence electrons. The predicted molar refractivity (Wildman–Crippen MR) is 101 cm³/mol. The van der Waals surface area contributed by atoms with Crippen LogP contribution in [-0.4, -0.2) is 24.6 Å². The fraction of sp³-hybridized carbons (Fsp3) is 0.200. The summed E-state index contributed by atoms with van der Waals surface area (Å²) < 4.78 is 1.20. The topological polar surface area (TPSA) is 76.8 Å². The van der Waals surface area contributed by atoms with Gasteiger partial charge >= 0.3 is 0 Å². The van der Waals surface area contributed by atoms with Crippen molar-refractivity contribution in [2.75, 3.05) is 12.8 Å². The van der Waals surface area contributed by atoms with E-state index < -0.39 is 0 Å². The van der Waals surface area contributed by atoms with Crippen molar-refractivity contribution < 1.29 is 0 Å². The SMILES string of the molecule is CSc1ccc(C(N)=NC(N)=NCCc2ccccc2)s1.Cl. The average Bonchev–Trinajstić information content (AvgIpc) is 2.97. The number of aliphatic imine (C=N–C) groups is 2. The summed E-state index contributed by atoms with van der Waals surface area (Å²) >= 11 is 3.28. The molecule has 1 heterocycles. The van der Waals surface area contributed by atoms with Gasteiger partial charge in [-0.1, -0.05) is 30.3 Å². The van der Waals surface area contributed by atoms with Gasteiger partial charge in [-0.05, 0) is 30.4 Å². The first kappa shape index (κ1) is 18.5. The van der Waals surface area contributed by atoms with Gasteiger partial charge in [0.25, 0.3) is 0 Å². The minimum absolute atomic E-state index is 0. The third-order valence-electron chi connectivity index (χ3n) is 2.79. The zero-order chi connectivity index (χ0) is 15.1. The van der Waals surface area contributed by atoms with E-state index in [1.165, 1.54) is 9.77 Å². The van der Waals surface area contributed by atoms with Crippen LogP contribution in [0.5, 0.6) is 0 Å². The molecule has 7 heteroatoms. The van der Waals surface area contributed by atoms with Gasteiger partial charge in [-0.15, -0.1) is 35.5 Å². The summed E-state index contributed by atoms with van der Waals surface area (Å²) in [5, 5.41) is 0. The molecule has 2 rings (SSSR count). The second-order valence-corrected chi connectivity index (χ2v) is 6.49. The highest BCUT2D eigenvalue weighted by Crippen LogP contribution is 2.24. The molecule has 1 aromatic heterocycles. The number of nitrogens with two attached hydrogens (primary N) is 2. The normalized spacial score (nSPS) is 12.0. The number of benzene rings is 1. The molecule has 4 nitrogen and oxygen atoms in total. The largest absolute Gasteiger partial charge is 0.382 e. The number of thiophene rings is 1. The summed E-state index contributed by atoms with van der Waals surface area (Å²) in [4.78, 5) is 9.30. The lowest BCUT2D eigenvalue weighted by Crippen LogP contribution is -2.19. The number of hydrogen-bond donors (Lipinski definition) is 2. The summed E-state index contributed by atoms with van der Waals surface area (Å²) in [7, 11) is 0. The minimum Gasteiger partial charge on any atom is -0.382 e. The maximum atomic E-state index is 5.94. The second kappa shape index (κ2) is 9.50. The summed E-state index contributed by atoms with van der Waals surface area (Å²) in [6.07, 6.45) is 2.87. The molecular weight excluding hydrogens is 336 g/mol. The third kappa shape index (κ3) is 5.71. The Bertz CT molecular complexity index is 638. The molecule has 4 N–H and O–H groups in total. The molecule has 2 aromatic rings. The Morgan fingerprint density at radius 2 is 1.86 bits per heavy atom. The maximum Gasteiger partial charge on any atom is 0.217 e. The molecule has 0 aliphatic rings. The van der Waals surface area contributed by atoms with Crippen LogP contribution < -0.4 is 11.5 Å². The van der Waals surface area contributed by atoms with E-state index in [1.807, 2.05) is 36.6 Å². The van der Waals surface area contributed by atoms with E-state index in [0.29, 0.717) is 12.4 Å². The molecule has 0 aliphatic heterocycles. The summed E-state index contributed by atoms with van der Waals surface area (Å²) in [6, 6.07) is 14.1. The molecule has 0 radical (unpaired) electrons. The first-order chi connectivity index (χ1) is 10.2. The Labute approximate surface area is 145 Å². The minimum atomic E-state index is 0. The van der Waals surface area contributed by atoms with Gasteiger partial charge in [0.1, 0.15) is 5.84 Å². The zero-order valence-electron chi connectivity index (χ0n) is 12.2. The van der Waals surface area contributed by atoms with Gasteiger partial charge in [-0.2, -0.15) is 4.99 Å². The Morgan fingerprint density at radius 3 is 2.50 bits per heavy atom. The van der Waals surface area contributed by atoms with E-state index in [4.69, 9.17) is 11.5 Å². The van der Waals surface area contributed by atoms with E-state index in [2.05, 4.69) is 22.1 Å². The van der Waals surface area contributed by atoms with Crippen LogP contribution in [0.3, 0.4) is 0 Å². The first-order valence-electron chi connectivity index (χ1n) is 6.51. The van der Waals surface area contributed by atoms with Gasteiger partial charge in [0.05, 0.1) is 9.09 Å². The van der Waals surface area contributed by atoms with Crippen molar-refractivity contribution in [3.05, 3.63) is 52.9 Å². The summed E-state index contributed by atoms with van der Waals surface area (Å²) in [5.74, 6) is 0.642. The van der Waals surface area contributed by atoms with E-state index >= 15 is 0 Å². The zero-order valence-corrected chi connectivity index (χ0v) is 14.7. The number of guanidine groups is 1. The van der Waals surface area contributed by atoms with E-state index in [9.17, 15) is 0 Å². The Balaban J connectivity index is 0.00000242. The maximum absolute atomic E-state index is 5.94. The molecule has 0 bridgehead atoms. The molecule has 0 unspecified atom stereocenters. The van der Waals surface area contributed by atoms with Crippen LogP contribution in [0.1, 0.15) is 10.4 Å². The van der Waals surface area contributed by atoms with Crippen LogP contribution in [0.25, 0.3) is 0 Å². The van der Waals surface area contributed by atoms with Crippen LogP contribution in [0, 0.1) is 0 Å². The van der Waals surface area contributed by atoms with Gasteiger partial charge in [-0.3, -0.25) is 4.99 Å². The highest BCUT2D eigenvalue weighted by Gasteiger charge is 2.03. The molecule has 0 atom stereocenters. The average molecular weight is 355 g/mol. The van der Waals surface area contributed by atoms with Crippen molar-refractivity contribution in [1.29, 1.82) is 0 Å². The molecule has 0 spiro atoms. The summed E-state index contributed by atoms with van der Waals surface area (Å²) in [6.45, 7) is 0.604. The molecule has 1 aromatic carbocycles. The molecule has 0 aliphatic carbocycles.